The molecule has 7 nitrogen and oxygen atoms in total. The van der Waals surface area contributed by atoms with E-state index in [0.29, 0.717) is 27.8 Å². The molecule has 144 valence electrons. The Morgan fingerprint density at radius 3 is 2.69 bits per heavy atom. The van der Waals surface area contributed by atoms with Crippen molar-refractivity contribution in [3.05, 3.63) is 81.7 Å². The topological polar surface area (TPSA) is 94.4 Å². The van der Waals surface area contributed by atoms with Gasteiger partial charge in [0.05, 0.1) is 45.4 Å². The van der Waals surface area contributed by atoms with Crippen molar-refractivity contribution in [1.29, 1.82) is 0 Å². The molecule has 0 saturated heterocycles. The molecule has 2 aromatic carbocycles. The van der Waals surface area contributed by atoms with Gasteiger partial charge in [-0.1, -0.05) is 24.3 Å². The number of hydrogen-bond acceptors (Lipinski definition) is 6. The van der Waals surface area contributed by atoms with E-state index in [-0.39, 0.29) is 17.3 Å². The fourth-order valence-corrected chi connectivity index (χ4v) is 3.69. The van der Waals surface area contributed by atoms with Crippen molar-refractivity contribution in [2.45, 2.75) is 0 Å². The third-order valence-electron chi connectivity index (χ3n) is 4.38. The molecule has 8 heteroatoms. The Balaban J connectivity index is 1.77. The van der Waals surface area contributed by atoms with Crippen LogP contribution >= 0.6 is 11.3 Å². The van der Waals surface area contributed by atoms with Gasteiger partial charge in [-0.3, -0.25) is 14.9 Å². The molecule has 0 aliphatic carbocycles. The number of aromatic nitrogens is 1. The van der Waals surface area contributed by atoms with E-state index in [4.69, 9.17) is 4.74 Å². The molecule has 0 aliphatic heterocycles. The molecule has 4 aromatic rings. The van der Waals surface area contributed by atoms with Crippen LogP contribution in [0.4, 0.5) is 11.4 Å². The van der Waals surface area contributed by atoms with Gasteiger partial charge in [0.2, 0.25) is 0 Å². The minimum Gasteiger partial charge on any atom is -0.494 e. The largest absolute Gasteiger partial charge is 0.494 e. The van der Waals surface area contributed by atoms with Crippen LogP contribution in [0.2, 0.25) is 0 Å². The van der Waals surface area contributed by atoms with E-state index < -0.39 is 4.92 Å². The number of benzene rings is 2. The lowest BCUT2D eigenvalue weighted by atomic mass is 10.1. The summed E-state index contributed by atoms with van der Waals surface area (Å²) in [5.41, 5.74) is 2.11. The number of anilines is 1. The lowest BCUT2D eigenvalue weighted by Crippen LogP contribution is -2.14. The van der Waals surface area contributed by atoms with Crippen molar-refractivity contribution in [1.82, 2.24) is 4.98 Å². The van der Waals surface area contributed by atoms with Gasteiger partial charge in [0.15, 0.2) is 0 Å². The van der Waals surface area contributed by atoms with Crippen molar-refractivity contribution in [3.8, 4) is 16.3 Å². The highest BCUT2D eigenvalue weighted by atomic mass is 32.1. The molecule has 29 heavy (non-hydrogen) atoms. The zero-order valence-electron chi connectivity index (χ0n) is 15.3. The van der Waals surface area contributed by atoms with Gasteiger partial charge in [-0.15, -0.1) is 11.3 Å². The van der Waals surface area contributed by atoms with Crippen molar-refractivity contribution in [3.63, 3.8) is 0 Å². The molecule has 0 atom stereocenters. The molecule has 4 rings (SSSR count). The number of ether oxygens (including phenoxy) is 1. The lowest BCUT2D eigenvalue weighted by molar-refractivity contribution is -0.384. The first kappa shape index (κ1) is 18.6. The average molecular weight is 405 g/mol. The second kappa shape index (κ2) is 7.69. The summed E-state index contributed by atoms with van der Waals surface area (Å²) >= 11 is 1.54. The second-order valence-electron chi connectivity index (χ2n) is 6.15. The number of pyridine rings is 1. The van der Waals surface area contributed by atoms with E-state index in [1.165, 1.54) is 25.3 Å². The Morgan fingerprint density at radius 1 is 1.14 bits per heavy atom. The molecule has 1 N–H and O–H groups in total. The number of carbonyl (C=O) groups excluding carboxylic acids is 1. The molecular weight excluding hydrogens is 390 g/mol. The SMILES string of the molecule is COc1cc([N+](=O)[O-])ccc1NC(=O)c1cc(-c2cccs2)nc2ccccc12. The summed E-state index contributed by atoms with van der Waals surface area (Å²) in [6, 6.07) is 17.1. The van der Waals surface area contributed by atoms with Crippen LogP contribution in [0.25, 0.3) is 21.5 Å². The summed E-state index contributed by atoms with van der Waals surface area (Å²) in [6.07, 6.45) is 0. The van der Waals surface area contributed by atoms with Gasteiger partial charge in [0, 0.05) is 11.5 Å². The molecule has 0 radical (unpaired) electrons. The van der Waals surface area contributed by atoms with Crippen molar-refractivity contribution in [2.24, 2.45) is 0 Å². The molecule has 0 unspecified atom stereocenters. The number of carbonyl (C=O) groups is 1. The fraction of sp³-hybridized carbons (Fsp3) is 0.0476. The Morgan fingerprint density at radius 2 is 1.97 bits per heavy atom. The number of thiophene rings is 1. The Labute approximate surface area is 169 Å². The molecule has 1 amide bonds. The molecule has 0 bridgehead atoms. The van der Waals surface area contributed by atoms with Gasteiger partial charge < -0.3 is 10.1 Å². The first-order valence-electron chi connectivity index (χ1n) is 8.64. The number of fused-ring (bicyclic) bond motifs is 1. The Kier molecular flexibility index (Phi) is 4.92. The Bertz CT molecular complexity index is 1220. The number of nitrogens with one attached hydrogen (secondary N) is 1. The quantitative estimate of drug-likeness (QED) is 0.367. The maximum absolute atomic E-state index is 13.1. The van der Waals surface area contributed by atoms with Gasteiger partial charge >= 0.3 is 0 Å². The van der Waals surface area contributed by atoms with E-state index in [1.54, 1.807) is 17.4 Å². The molecular formula is C21H15N3O4S. The zero-order chi connectivity index (χ0) is 20.4. The van der Waals surface area contributed by atoms with E-state index in [2.05, 4.69) is 10.3 Å². The van der Waals surface area contributed by atoms with Gasteiger partial charge in [-0.05, 0) is 29.6 Å². The minimum atomic E-state index is -0.516. The van der Waals surface area contributed by atoms with Crippen molar-refractivity contribution < 1.29 is 14.5 Å². The van der Waals surface area contributed by atoms with Crippen LogP contribution in [0, 0.1) is 10.1 Å². The minimum absolute atomic E-state index is 0.116. The summed E-state index contributed by atoms with van der Waals surface area (Å²) in [4.78, 5) is 29.2. The van der Waals surface area contributed by atoms with Crippen LogP contribution in [0.1, 0.15) is 10.4 Å². The highest BCUT2D eigenvalue weighted by Gasteiger charge is 2.18. The summed E-state index contributed by atoms with van der Waals surface area (Å²) in [5.74, 6) is -0.141. The van der Waals surface area contributed by atoms with Crippen LogP contribution in [-0.2, 0) is 0 Å². The predicted molar refractivity (Wildman–Crippen MR) is 113 cm³/mol. The van der Waals surface area contributed by atoms with Crippen molar-refractivity contribution >= 4 is 39.5 Å². The van der Waals surface area contributed by atoms with E-state index >= 15 is 0 Å². The molecule has 0 fully saturated rings. The molecule has 0 saturated carbocycles. The number of para-hydroxylation sites is 1. The summed E-state index contributed by atoms with van der Waals surface area (Å²) in [5, 5.41) is 16.4. The number of nitro groups is 1. The van der Waals surface area contributed by atoms with Crippen LogP contribution in [0.3, 0.4) is 0 Å². The van der Waals surface area contributed by atoms with Gasteiger partial charge in [0.25, 0.3) is 11.6 Å². The summed E-state index contributed by atoms with van der Waals surface area (Å²) in [6.45, 7) is 0. The fourth-order valence-electron chi connectivity index (χ4n) is 3.00. The summed E-state index contributed by atoms with van der Waals surface area (Å²) < 4.78 is 5.21. The first-order valence-corrected chi connectivity index (χ1v) is 9.52. The maximum atomic E-state index is 13.1. The molecule has 2 heterocycles. The smallest absolute Gasteiger partial charge is 0.273 e. The van der Waals surface area contributed by atoms with E-state index in [9.17, 15) is 14.9 Å². The average Bonchev–Trinajstić information content (AvgIpc) is 3.28. The monoisotopic (exact) mass is 405 g/mol. The normalized spacial score (nSPS) is 10.7. The van der Waals surface area contributed by atoms with Gasteiger partial charge in [-0.25, -0.2) is 4.98 Å². The molecule has 2 aromatic heterocycles. The van der Waals surface area contributed by atoms with Gasteiger partial charge in [0.1, 0.15) is 5.75 Å². The lowest BCUT2D eigenvalue weighted by Gasteiger charge is -2.12. The predicted octanol–water partition coefficient (Wildman–Crippen LogP) is 5.13. The number of non-ortho nitro benzene ring substituents is 1. The second-order valence-corrected chi connectivity index (χ2v) is 7.09. The maximum Gasteiger partial charge on any atom is 0.273 e. The van der Waals surface area contributed by atoms with Crippen LogP contribution in [0.15, 0.2) is 66.0 Å². The Hall–Kier alpha value is -3.78. The number of amides is 1. The van der Waals surface area contributed by atoms with Crippen molar-refractivity contribution in [2.75, 3.05) is 12.4 Å². The highest BCUT2D eigenvalue weighted by molar-refractivity contribution is 7.13. The number of hydrogen-bond donors (Lipinski definition) is 1. The highest BCUT2D eigenvalue weighted by Crippen LogP contribution is 2.31. The van der Waals surface area contributed by atoms with Crippen LogP contribution in [0.5, 0.6) is 5.75 Å². The van der Waals surface area contributed by atoms with E-state index in [1.807, 2.05) is 41.8 Å². The zero-order valence-corrected chi connectivity index (χ0v) is 16.1. The number of nitrogens with zero attached hydrogens (tertiary/aromatic N) is 2. The van der Waals surface area contributed by atoms with Crippen LogP contribution in [-0.4, -0.2) is 22.9 Å². The standard InChI is InChI=1S/C21H15N3O4S/c1-28-19-11-13(24(26)27)8-9-17(19)23-21(25)15-12-18(20-7-4-10-29-20)22-16-6-3-2-5-14(15)16/h2-12H,1H3,(H,23,25). The summed E-state index contributed by atoms with van der Waals surface area (Å²) in [7, 11) is 1.39. The van der Waals surface area contributed by atoms with Crippen LogP contribution < -0.4 is 10.1 Å². The van der Waals surface area contributed by atoms with Gasteiger partial charge in [-0.2, -0.15) is 0 Å². The number of nitro benzene ring substituents is 1. The third-order valence-corrected chi connectivity index (χ3v) is 5.27. The molecule has 0 spiro atoms. The number of rotatable bonds is 5. The number of methoxy groups -OCH3 is 1. The first-order chi connectivity index (χ1) is 14.1. The van der Waals surface area contributed by atoms with E-state index in [0.717, 1.165) is 4.88 Å². The molecule has 0 aliphatic rings. The third kappa shape index (κ3) is 3.65.